The van der Waals surface area contributed by atoms with Crippen molar-refractivity contribution in [2.24, 2.45) is 4.99 Å². The molecule has 2 saturated heterocycles. The second-order valence-corrected chi connectivity index (χ2v) is 8.98. The van der Waals surface area contributed by atoms with E-state index in [9.17, 15) is 0 Å². The SMILES string of the molecule is CC(c1ccccc1)N1CCC(NC(=NCC2CCCCO2)NCCc2ccco2)CC1. The summed E-state index contributed by atoms with van der Waals surface area (Å²) in [5.74, 6) is 1.90. The molecule has 2 atom stereocenters. The van der Waals surface area contributed by atoms with Crippen LogP contribution < -0.4 is 10.6 Å². The highest BCUT2D eigenvalue weighted by Gasteiger charge is 2.24. The minimum atomic E-state index is 0.251. The molecule has 2 aliphatic rings. The maximum atomic E-state index is 5.88. The molecule has 0 saturated carbocycles. The molecule has 1 aromatic carbocycles. The number of hydrogen-bond donors (Lipinski definition) is 2. The Bertz CT molecular complexity index is 794. The first-order valence-electron chi connectivity index (χ1n) is 12.3. The summed E-state index contributed by atoms with van der Waals surface area (Å²) in [6.07, 6.45) is 8.60. The molecule has 0 aliphatic carbocycles. The van der Waals surface area contributed by atoms with Crippen LogP contribution in [0.1, 0.15) is 56.4 Å². The molecule has 3 heterocycles. The van der Waals surface area contributed by atoms with E-state index in [1.807, 2.05) is 12.1 Å². The number of guanidine groups is 1. The quantitative estimate of drug-likeness (QED) is 0.479. The van der Waals surface area contributed by atoms with E-state index in [0.717, 1.165) is 70.2 Å². The zero-order valence-electron chi connectivity index (χ0n) is 19.3. The molecule has 174 valence electrons. The highest BCUT2D eigenvalue weighted by Crippen LogP contribution is 2.24. The van der Waals surface area contributed by atoms with E-state index in [1.54, 1.807) is 6.26 Å². The number of rotatable bonds is 8. The van der Waals surface area contributed by atoms with Crippen LogP contribution in [-0.4, -0.2) is 55.8 Å². The Kier molecular flexibility index (Phi) is 8.63. The van der Waals surface area contributed by atoms with Crippen LogP contribution in [0.5, 0.6) is 0 Å². The molecule has 4 rings (SSSR count). The smallest absolute Gasteiger partial charge is 0.191 e. The summed E-state index contributed by atoms with van der Waals surface area (Å²) in [4.78, 5) is 7.48. The summed E-state index contributed by atoms with van der Waals surface area (Å²) in [6.45, 7) is 6.90. The largest absolute Gasteiger partial charge is 0.469 e. The van der Waals surface area contributed by atoms with Crippen LogP contribution in [0.15, 0.2) is 58.1 Å². The molecule has 2 aliphatic heterocycles. The first-order chi connectivity index (χ1) is 15.8. The van der Waals surface area contributed by atoms with Crippen LogP contribution in [0.3, 0.4) is 0 Å². The zero-order chi connectivity index (χ0) is 22.0. The van der Waals surface area contributed by atoms with Crippen molar-refractivity contribution in [3.05, 3.63) is 60.1 Å². The molecule has 6 nitrogen and oxygen atoms in total. The Morgan fingerprint density at radius 3 is 2.66 bits per heavy atom. The third-order valence-electron chi connectivity index (χ3n) is 6.67. The standard InChI is InChI=1S/C26H38N4O2/c1-21(22-8-3-2-4-9-22)30-16-13-23(14-17-30)29-26(27-15-12-24-11-7-19-31-24)28-20-25-10-5-6-18-32-25/h2-4,7-9,11,19,21,23,25H,5-6,10,12-18,20H2,1H3,(H2,27,28,29). The fourth-order valence-corrected chi connectivity index (χ4v) is 4.62. The lowest BCUT2D eigenvalue weighted by Crippen LogP contribution is -2.49. The number of furan rings is 1. The molecular formula is C26H38N4O2. The molecule has 2 N–H and O–H groups in total. The summed E-state index contributed by atoms with van der Waals surface area (Å²) in [5, 5.41) is 7.22. The molecule has 32 heavy (non-hydrogen) atoms. The molecule has 1 aromatic heterocycles. The van der Waals surface area contributed by atoms with Crippen molar-refractivity contribution >= 4 is 5.96 Å². The third kappa shape index (κ3) is 6.84. The van der Waals surface area contributed by atoms with E-state index in [1.165, 1.54) is 18.4 Å². The van der Waals surface area contributed by atoms with Crippen LogP contribution in [0, 0.1) is 0 Å². The van der Waals surface area contributed by atoms with Crippen molar-refractivity contribution in [3.63, 3.8) is 0 Å². The third-order valence-corrected chi connectivity index (χ3v) is 6.67. The lowest BCUT2D eigenvalue weighted by molar-refractivity contribution is 0.0224. The molecule has 0 spiro atoms. The Morgan fingerprint density at radius 1 is 1.09 bits per heavy atom. The number of likely N-dealkylation sites (tertiary alicyclic amines) is 1. The second-order valence-electron chi connectivity index (χ2n) is 8.98. The summed E-state index contributed by atoms with van der Waals surface area (Å²) in [5.41, 5.74) is 1.40. The first kappa shape index (κ1) is 22.9. The predicted molar refractivity (Wildman–Crippen MR) is 129 cm³/mol. The van der Waals surface area contributed by atoms with Gasteiger partial charge in [0.25, 0.3) is 0 Å². The first-order valence-corrected chi connectivity index (χ1v) is 12.3. The van der Waals surface area contributed by atoms with Crippen molar-refractivity contribution in [1.82, 2.24) is 15.5 Å². The predicted octanol–water partition coefficient (Wildman–Crippen LogP) is 4.15. The Balaban J connectivity index is 1.28. The van der Waals surface area contributed by atoms with Crippen LogP contribution in [-0.2, 0) is 11.2 Å². The van der Waals surface area contributed by atoms with Crippen molar-refractivity contribution in [3.8, 4) is 0 Å². The molecule has 2 unspecified atom stereocenters. The molecule has 6 heteroatoms. The topological polar surface area (TPSA) is 62.0 Å². The average Bonchev–Trinajstić information content (AvgIpc) is 3.37. The van der Waals surface area contributed by atoms with Gasteiger partial charge in [0.1, 0.15) is 5.76 Å². The average molecular weight is 439 g/mol. The zero-order valence-corrected chi connectivity index (χ0v) is 19.3. The van der Waals surface area contributed by atoms with Crippen LogP contribution in [0.4, 0.5) is 0 Å². The molecule has 0 bridgehead atoms. The molecule has 2 aromatic rings. The van der Waals surface area contributed by atoms with Gasteiger partial charge in [-0.25, -0.2) is 0 Å². The minimum absolute atomic E-state index is 0.251. The van der Waals surface area contributed by atoms with Crippen LogP contribution in [0.2, 0.25) is 0 Å². The minimum Gasteiger partial charge on any atom is -0.469 e. The van der Waals surface area contributed by atoms with Gasteiger partial charge in [-0.3, -0.25) is 9.89 Å². The number of nitrogens with zero attached hydrogens (tertiary/aromatic N) is 2. The number of ether oxygens (including phenoxy) is 1. The Hall–Kier alpha value is -2.31. The monoisotopic (exact) mass is 438 g/mol. The summed E-state index contributed by atoms with van der Waals surface area (Å²) < 4.78 is 11.3. The number of aliphatic imine (C=N–C) groups is 1. The lowest BCUT2D eigenvalue weighted by atomic mass is 10.0. The van der Waals surface area contributed by atoms with E-state index in [2.05, 4.69) is 52.8 Å². The van der Waals surface area contributed by atoms with Gasteiger partial charge in [0, 0.05) is 44.7 Å². The molecule has 2 fully saturated rings. The van der Waals surface area contributed by atoms with Gasteiger partial charge in [0.05, 0.1) is 18.9 Å². The van der Waals surface area contributed by atoms with E-state index < -0.39 is 0 Å². The van der Waals surface area contributed by atoms with Crippen molar-refractivity contribution in [1.29, 1.82) is 0 Å². The number of benzene rings is 1. The summed E-state index contributed by atoms with van der Waals surface area (Å²) >= 11 is 0. The number of piperidine rings is 1. The Morgan fingerprint density at radius 2 is 1.94 bits per heavy atom. The lowest BCUT2D eigenvalue weighted by Gasteiger charge is -2.37. The molecule has 0 amide bonds. The van der Waals surface area contributed by atoms with Gasteiger partial charge in [0.2, 0.25) is 0 Å². The molecule has 0 radical (unpaired) electrons. The van der Waals surface area contributed by atoms with Crippen molar-refractivity contribution in [2.75, 3.05) is 32.8 Å². The van der Waals surface area contributed by atoms with E-state index in [4.69, 9.17) is 14.1 Å². The van der Waals surface area contributed by atoms with E-state index >= 15 is 0 Å². The highest BCUT2D eigenvalue weighted by molar-refractivity contribution is 5.80. The highest BCUT2D eigenvalue weighted by atomic mass is 16.5. The van der Waals surface area contributed by atoms with Gasteiger partial charge in [-0.1, -0.05) is 30.3 Å². The van der Waals surface area contributed by atoms with E-state index in [-0.39, 0.29) is 6.10 Å². The fourth-order valence-electron chi connectivity index (χ4n) is 4.62. The van der Waals surface area contributed by atoms with Gasteiger partial charge in [-0.2, -0.15) is 0 Å². The van der Waals surface area contributed by atoms with Gasteiger partial charge < -0.3 is 19.8 Å². The second kappa shape index (κ2) is 12.1. The van der Waals surface area contributed by atoms with Crippen LogP contribution in [0.25, 0.3) is 0 Å². The maximum absolute atomic E-state index is 5.88. The maximum Gasteiger partial charge on any atom is 0.191 e. The van der Waals surface area contributed by atoms with Gasteiger partial charge in [-0.15, -0.1) is 0 Å². The normalized spacial score (nSPS) is 21.9. The van der Waals surface area contributed by atoms with Crippen molar-refractivity contribution in [2.45, 2.75) is 63.6 Å². The van der Waals surface area contributed by atoms with Crippen molar-refractivity contribution < 1.29 is 9.15 Å². The Labute approximate surface area is 192 Å². The van der Waals surface area contributed by atoms with E-state index in [0.29, 0.717) is 12.1 Å². The number of nitrogens with one attached hydrogen (secondary N) is 2. The summed E-state index contributed by atoms with van der Waals surface area (Å²) in [6, 6.07) is 15.7. The van der Waals surface area contributed by atoms with Gasteiger partial charge >= 0.3 is 0 Å². The van der Waals surface area contributed by atoms with Crippen LogP contribution >= 0.6 is 0 Å². The molecular weight excluding hydrogens is 400 g/mol. The van der Waals surface area contributed by atoms with Gasteiger partial charge in [0.15, 0.2) is 5.96 Å². The fraction of sp³-hybridized carbons (Fsp3) is 0.577. The number of hydrogen-bond acceptors (Lipinski definition) is 4. The summed E-state index contributed by atoms with van der Waals surface area (Å²) in [7, 11) is 0. The van der Waals surface area contributed by atoms with Gasteiger partial charge in [-0.05, 0) is 56.7 Å².